The Balaban J connectivity index is 0.00000289. The van der Waals surface area contributed by atoms with E-state index in [9.17, 15) is 9.90 Å². The number of hydrogen-bond acceptors (Lipinski definition) is 10. The normalized spacial score (nSPS) is 54.8. The van der Waals surface area contributed by atoms with Gasteiger partial charge in [-0.15, -0.1) is 0 Å². The van der Waals surface area contributed by atoms with Crippen molar-refractivity contribution in [1.82, 2.24) is 42.5 Å². The van der Waals surface area contributed by atoms with E-state index in [2.05, 4.69) is 42.5 Å². The van der Waals surface area contributed by atoms with Gasteiger partial charge in [-0.05, 0) is 92.8 Å². The van der Waals surface area contributed by atoms with Crippen LogP contribution in [0.4, 0.5) is 0 Å². The minimum Gasteiger partial charge on any atom is -0.550 e. The number of nitrogens with one attached hydrogen (secondary N) is 8. The molecule has 4 saturated carbocycles. The summed E-state index contributed by atoms with van der Waals surface area (Å²) in [6, 6.07) is 0. The molecular formula is C33H55LiN8O2. The van der Waals surface area contributed by atoms with Crippen LogP contribution in [0.3, 0.4) is 0 Å². The summed E-state index contributed by atoms with van der Waals surface area (Å²) >= 11 is 0. The number of hydrogen-bond donors (Lipinski definition) is 8. The van der Waals surface area contributed by atoms with Crippen LogP contribution in [0.5, 0.6) is 0 Å². The van der Waals surface area contributed by atoms with Crippen LogP contribution in [0.25, 0.3) is 0 Å². The average Bonchev–Trinajstić information content (AvgIpc) is 3.76. The Morgan fingerprint density at radius 1 is 0.386 bits per heavy atom. The molecule has 4 aliphatic carbocycles. The maximum absolute atomic E-state index is 12.5. The largest absolute Gasteiger partial charge is 1.00 e. The second kappa shape index (κ2) is 12.6. The van der Waals surface area contributed by atoms with Crippen molar-refractivity contribution in [2.45, 2.75) is 146 Å². The van der Waals surface area contributed by atoms with E-state index in [0.717, 1.165) is 19.3 Å². The van der Waals surface area contributed by atoms with Crippen molar-refractivity contribution in [1.29, 1.82) is 0 Å². The van der Waals surface area contributed by atoms with E-state index in [4.69, 9.17) is 0 Å². The van der Waals surface area contributed by atoms with Crippen LogP contribution in [0.15, 0.2) is 0 Å². The maximum Gasteiger partial charge on any atom is 1.00 e. The minimum absolute atomic E-state index is 0. The number of rotatable bonds is 1. The van der Waals surface area contributed by atoms with Gasteiger partial charge in [0.15, 0.2) is 0 Å². The van der Waals surface area contributed by atoms with Crippen molar-refractivity contribution in [3.8, 4) is 0 Å². The van der Waals surface area contributed by atoms with Gasteiger partial charge < -0.3 is 9.90 Å². The first-order valence-corrected chi connectivity index (χ1v) is 18.4. The Morgan fingerprint density at radius 2 is 0.659 bits per heavy atom. The maximum atomic E-state index is 12.5. The Bertz CT molecular complexity index is 1050. The number of carbonyl (C=O) groups excluding carboxylic acids is 1. The summed E-state index contributed by atoms with van der Waals surface area (Å²) in [6.07, 6.45) is 20.1. The zero-order chi connectivity index (χ0) is 28.7. The standard InChI is InChI=1S/C33H56N8O2.Li/c42-33(43)23-15-7-14-22-24(23)32-40-30-21-13-6-5-12-20(21)28(38-30)36-26-17-9-2-1-8-16(17)25(34-26)35-27-18-10-3-4-11-19(18)29(37-27)39-31(22)41-32;/h16-32,34-41H,1-15H2,(H,42,43);/q;+1/p-1. The quantitative estimate of drug-likeness (QED) is 0.153. The zero-order valence-electron chi connectivity index (χ0n) is 26.7. The third kappa shape index (κ3) is 5.26. The van der Waals surface area contributed by atoms with Gasteiger partial charge in [-0.25, -0.2) is 0 Å². The molecule has 5 heterocycles. The van der Waals surface area contributed by atoms with Crippen LogP contribution in [0.2, 0.25) is 0 Å². The van der Waals surface area contributed by atoms with E-state index in [-0.39, 0.29) is 55.6 Å². The summed E-state index contributed by atoms with van der Waals surface area (Å²) < 4.78 is 0. The molecule has 5 aliphatic heterocycles. The summed E-state index contributed by atoms with van der Waals surface area (Å²) in [4.78, 5) is 12.5. The average molecular weight is 603 g/mol. The molecule has 0 spiro atoms. The topological polar surface area (TPSA) is 136 Å². The molecule has 9 rings (SSSR count). The van der Waals surface area contributed by atoms with Gasteiger partial charge in [0, 0.05) is 17.8 Å². The first kappa shape index (κ1) is 31.0. The fourth-order valence-corrected chi connectivity index (χ4v) is 12.3. The predicted octanol–water partition coefficient (Wildman–Crippen LogP) is -2.41. The summed E-state index contributed by atoms with van der Waals surface area (Å²) in [5, 5.41) is 45.3. The van der Waals surface area contributed by atoms with Gasteiger partial charge in [-0.1, -0.05) is 44.9 Å². The van der Waals surface area contributed by atoms with Gasteiger partial charge in [0.05, 0.1) is 49.3 Å². The third-order valence-corrected chi connectivity index (χ3v) is 14.2. The van der Waals surface area contributed by atoms with Gasteiger partial charge in [0.2, 0.25) is 0 Å². The van der Waals surface area contributed by atoms with Gasteiger partial charge >= 0.3 is 18.9 Å². The van der Waals surface area contributed by atoms with Crippen molar-refractivity contribution >= 4 is 5.97 Å². The molecule has 0 aromatic rings. The Hall–Kier alpha value is -0.253. The molecule has 9 fully saturated rings. The van der Waals surface area contributed by atoms with Crippen molar-refractivity contribution in [2.24, 2.45) is 53.3 Å². The molecule has 5 saturated heterocycles. The molecule has 240 valence electrons. The van der Waals surface area contributed by atoms with Crippen molar-refractivity contribution in [3.05, 3.63) is 0 Å². The number of carbonyl (C=O) groups is 1. The van der Waals surface area contributed by atoms with Gasteiger partial charge in [0.1, 0.15) is 0 Å². The zero-order valence-corrected chi connectivity index (χ0v) is 26.7. The molecule has 8 N–H and O–H groups in total. The van der Waals surface area contributed by atoms with E-state index in [1.54, 1.807) is 0 Å². The van der Waals surface area contributed by atoms with E-state index in [1.807, 2.05) is 0 Å². The van der Waals surface area contributed by atoms with Crippen LogP contribution in [-0.2, 0) is 4.79 Å². The summed E-state index contributed by atoms with van der Waals surface area (Å²) in [6.45, 7) is 0. The van der Waals surface area contributed by atoms with Crippen LogP contribution in [-0.4, -0.2) is 55.3 Å². The second-order valence-electron chi connectivity index (χ2n) is 16.1. The summed E-state index contributed by atoms with van der Waals surface area (Å²) in [5.41, 5.74) is 0. The van der Waals surface area contributed by atoms with E-state index in [1.165, 1.54) is 77.0 Å². The molecule has 17 unspecified atom stereocenters. The van der Waals surface area contributed by atoms with Crippen LogP contribution >= 0.6 is 0 Å². The third-order valence-electron chi connectivity index (χ3n) is 14.2. The molecular weight excluding hydrogens is 547 g/mol. The number of fused-ring (bicyclic) bond motifs is 20. The van der Waals surface area contributed by atoms with Crippen molar-refractivity contribution < 1.29 is 28.8 Å². The number of aliphatic carboxylic acids is 1. The van der Waals surface area contributed by atoms with Crippen LogP contribution in [0, 0.1) is 53.3 Å². The molecule has 17 atom stereocenters. The fraction of sp³-hybridized carbons (Fsp3) is 0.970. The summed E-state index contributed by atoms with van der Waals surface area (Å²) in [5.74, 6) is 2.83. The number of carboxylic acid groups (broad SMARTS) is 1. The molecule has 0 amide bonds. The smallest absolute Gasteiger partial charge is 0.550 e. The molecule has 0 radical (unpaired) electrons. The molecule has 8 bridgehead atoms. The minimum atomic E-state index is -0.857. The van der Waals surface area contributed by atoms with Crippen molar-refractivity contribution in [3.63, 3.8) is 0 Å². The first-order chi connectivity index (χ1) is 21.1. The van der Waals surface area contributed by atoms with E-state index in [0.29, 0.717) is 59.9 Å². The molecule has 10 nitrogen and oxygen atoms in total. The Labute approximate surface area is 275 Å². The van der Waals surface area contributed by atoms with E-state index < -0.39 is 11.9 Å². The monoisotopic (exact) mass is 602 g/mol. The molecule has 0 aromatic heterocycles. The molecule has 0 aromatic carbocycles. The summed E-state index contributed by atoms with van der Waals surface area (Å²) in [7, 11) is 0. The SMILES string of the molecule is O=C([O-])C1CCCC2C3NC4NC(NC5NC(NC6NC(NC(N3)C12)C1CCCCC61)C1CCCCC51)C1CCCCC41.[Li+]. The van der Waals surface area contributed by atoms with Crippen LogP contribution < -0.4 is 66.5 Å². The second-order valence-corrected chi connectivity index (χ2v) is 16.1. The fourth-order valence-electron chi connectivity index (χ4n) is 12.3. The molecule has 11 heteroatoms. The molecule has 9 aliphatic rings. The van der Waals surface area contributed by atoms with Crippen molar-refractivity contribution in [2.75, 3.05) is 0 Å². The molecule has 44 heavy (non-hydrogen) atoms. The van der Waals surface area contributed by atoms with Crippen LogP contribution in [0.1, 0.15) is 96.3 Å². The van der Waals surface area contributed by atoms with Gasteiger partial charge in [0.25, 0.3) is 0 Å². The van der Waals surface area contributed by atoms with E-state index >= 15 is 0 Å². The van der Waals surface area contributed by atoms with Gasteiger partial charge in [-0.3, -0.25) is 42.5 Å². The van der Waals surface area contributed by atoms with Gasteiger partial charge in [-0.2, -0.15) is 0 Å². The number of carboxylic acids is 1. The Kier molecular flexibility index (Phi) is 8.92. The first-order valence-electron chi connectivity index (χ1n) is 18.4. The Morgan fingerprint density at radius 3 is 0.977 bits per heavy atom. The predicted molar refractivity (Wildman–Crippen MR) is 161 cm³/mol.